The Morgan fingerprint density at radius 1 is 1.13 bits per heavy atom. The van der Waals surface area contributed by atoms with Gasteiger partial charge in [-0.3, -0.25) is 14.6 Å². The van der Waals surface area contributed by atoms with Gasteiger partial charge in [0.2, 0.25) is 0 Å². The van der Waals surface area contributed by atoms with Crippen LogP contribution in [0.15, 0.2) is 40.5 Å². The molecule has 1 aromatic carbocycles. The molecule has 0 radical (unpaired) electrons. The largest absolute Gasteiger partial charge is 0.462 e. The van der Waals surface area contributed by atoms with E-state index in [0.717, 1.165) is 43.4 Å². The number of aliphatic imine (C=N–C) groups is 1. The van der Waals surface area contributed by atoms with Gasteiger partial charge in [-0.1, -0.05) is 50.1 Å². The highest BCUT2D eigenvalue weighted by molar-refractivity contribution is 6.31. The number of benzene rings is 1. The molecule has 0 saturated heterocycles. The van der Waals surface area contributed by atoms with E-state index in [1.165, 1.54) is 6.42 Å². The second-order valence-corrected chi connectivity index (χ2v) is 10.1. The fourth-order valence-corrected chi connectivity index (χ4v) is 5.49. The highest BCUT2D eigenvalue weighted by atomic mass is 35.5. The molecule has 1 saturated carbocycles. The summed E-state index contributed by atoms with van der Waals surface area (Å²) in [6.07, 6.45) is 6.32. The molecule has 3 aliphatic rings. The number of rotatable bonds is 3. The maximum absolute atomic E-state index is 13.4. The van der Waals surface area contributed by atoms with Crippen molar-refractivity contribution >= 4 is 29.1 Å². The predicted octanol–water partition coefficient (Wildman–Crippen LogP) is 6.03. The van der Waals surface area contributed by atoms with Gasteiger partial charge < -0.3 is 4.74 Å². The van der Waals surface area contributed by atoms with Crippen molar-refractivity contribution in [2.45, 2.75) is 77.7 Å². The standard InChI is InChI=1S/C25H30ClNO3/c1-15-21(24(29)30-16-9-5-4-6-10-16)22(17-11-7-8-12-18(17)26)23-19(27-15)13-25(2,3)14-20(23)28/h7-8,11-12,16,21-22H,4-6,9-10,13-14H2,1-3H3/t21?,22-/m0/s1. The Morgan fingerprint density at radius 2 is 1.83 bits per heavy atom. The number of carbonyl (C=O) groups excluding carboxylic acids is 2. The van der Waals surface area contributed by atoms with Crippen LogP contribution >= 0.6 is 11.6 Å². The van der Waals surface area contributed by atoms with Gasteiger partial charge in [0.1, 0.15) is 12.0 Å². The molecule has 30 heavy (non-hydrogen) atoms. The molecule has 2 aliphatic carbocycles. The summed E-state index contributed by atoms with van der Waals surface area (Å²) in [5.41, 5.74) is 2.84. The summed E-state index contributed by atoms with van der Waals surface area (Å²) < 4.78 is 5.95. The zero-order valence-electron chi connectivity index (χ0n) is 18.0. The van der Waals surface area contributed by atoms with Crippen LogP contribution in [0.3, 0.4) is 0 Å². The van der Waals surface area contributed by atoms with Gasteiger partial charge in [-0.05, 0) is 56.1 Å². The Bertz CT molecular complexity index is 924. The Labute approximate surface area is 183 Å². The highest BCUT2D eigenvalue weighted by Crippen LogP contribution is 2.49. The lowest BCUT2D eigenvalue weighted by Gasteiger charge is -2.39. The first-order valence-corrected chi connectivity index (χ1v) is 11.4. The third-order valence-corrected chi connectivity index (χ3v) is 6.98. The number of allylic oxidation sites excluding steroid dienone is 2. The van der Waals surface area contributed by atoms with Crippen LogP contribution in [-0.4, -0.2) is 23.6 Å². The topological polar surface area (TPSA) is 55.7 Å². The van der Waals surface area contributed by atoms with E-state index in [1.807, 2.05) is 31.2 Å². The lowest BCUT2D eigenvalue weighted by Crippen LogP contribution is -2.40. The van der Waals surface area contributed by atoms with Gasteiger partial charge >= 0.3 is 5.97 Å². The van der Waals surface area contributed by atoms with E-state index in [0.29, 0.717) is 22.7 Å². The fourth-order valence-electron chi connectivity index (χ4n) is 5.23. The van der Waals surface area contributed by atoms with Crippen molar-refractivity contribution in [3.05, 3.63) is 46.1 Å². The van der Waals surface area contributed by atoms with Gasteiger partial charge in [0.15, 0.2) is 5.78 Å². The van der Waals surface area contributed by atoms with E-state index < -0.39 is 11.8 Å². The second kappa shape index (κ2) is 8.30. The van der Waals surface area contributed by atoms with Crippen LogP contribution in [0.1, 0.15) is 77.2 Å². The number of Topliss-reactive ketones (excluding diaryl/α,β-unsaturated/α-hetero) is 1. The molecular formula is C25H30ClNO3. The van der Waals surface area contributed by atoms with Crippen LogP contribution in [0.25, 0.3) is 0 Å². The molecule has 4 rings (SSSR count). The third kappa shape index (κ3) is 4.12. The van der Waals surface area contributed by atoms with Gasteiger partial charge in [0.25, 0.3) is 0 Å². The van der Waals surface area contributed by atoms with E-state index in [1.54, 1.807) is 0 Å². The van der Waals surface area contributed by atoms with Crippen molar-refractivity contribution in [3.63, 3.8) is 0 Å². The smallest absolute Gasteiger partial charge is 0.315 e. The Balaban J connectivity index is 1.77. The molecule has 0 amide bonds. The minimum Gasteiger partial charge on any atom is -0.462 e. The third-order valence-electron chi connectivity index (χ3n) is 6.63. The zero-order valence-corrected chi connectivity index (χ0v) is 18.8. The molecule has 160 valence electrons. The molecule has 4 nitrogen and oxygen atoms in total. The van der Waals surface area contributed by atoms with Crippen LogP contribution in [-0.2, 0) is 14.3 Å². The van der Waals surface area contributed by atoms with Crippen LogP contribution in [0, 0.1) is 11.3 Å². The molecule has 2 atom stereocenters. The van der Waals surface area contributed by atoms with E-state index in [2.05, 4.69) is 13.8 Å². The van der Waals surface area contributed by atoms with Crippen LogP contribution in [0.5, 0.6) is 0 Å². The van der Waals surface area contributed by atoms with Gasteiger partial charge in [-0.2, -0.15) is 0 Å². The fraction of sp³-hybridized carbons (Fsp3) is 0.560. The molecule has 0 aromatic heterocycles. The highest BCUT2D eigenvalue weighted by Gasteiger charge is 2.46. The summed E-state index contributed by atoms with van der Waals surface area (Å²) in [4.78, 5) is 31.5. The zero-order chi connectivity index (χ0) is 21.5. The molecule has 1 aliphatic heterocycles. The number of hydrogen-bond donors (Lipinski definition) is 0. The summed E-state index contributed by atoms with van der Waals surface area (Å²) in [6.45, 7) is 6.06. The lowest BCUT2D eigenvalue weighted by atomic mass is 9.67. The van der Waals surface area contributed by atoms with Gasteiger partial charge in [0.05, 0.1) is 0 Å². The van der Waals surface area contributed by atoms with Crippen LogP contribution in [0.4, 0.5) is 0 Å². The molecule has 5 heteroatoms. The lowest BCUT2D eigenvalue weighted by molar-refractivity contribution is -0.153. The molecule has 1 heterocycles. The summed E-state index contributed by atoms with van der Waals surface area (Å²) in [6, 6.07) is 7.51. The second-order valence-electron chi connectivity index (χ2n) is 9.73. The summed E-state index contributed by atoms with van der Waals surface area (Å²) >= 11 is 6.58. The number of nitrogens with zero attached hydrogens (tertiary/aromatic N) is 1. The summed E-state index contributed by atoms with van der Waals surface area (Å²) in [7, 11) is 0. The van der Waals surface area contributed by atoms with Crippen molar-refractivity contribution < 1.29 is 14.3 Å². The average molecular weight is 428 g/mol. The molecule has 1 fully saturated rings. The predicted molar refractivity (Wildman–Crippen MR) is 119 cm³/mol. The first kappa shape index (κ1) is 21.3. The van der Waals surface area contributed by atoms with Crippen LogP contribution < -0.4 is 0 Å². The Kier molecular flexibility index (Phi) is 5.89. The van der Waals surface area contributed by atoms with Crippen molar-refractivity contribution in [1.82, 2.24) is 0 Å². The van der Waals surface area contributed by atoms with E-state index in [9.17, 15) is 9.59 Å². The number of hydrogen-bond acceptors (Lipinski definition) is 4. The van der Waals surface area contributed by atoms with Crippen molar-refractivity contribution in [2.75, 3.05) is 0 Å². The van der Waals surface area contributed by atoms with Crippen molar-refractivity contribution in [2.24, 2.45) is 16.3 Å². The van der Waals surface area contributed by atoms with E-state index in [4.69, 9.17) is 21.3 Å². The maximum atomic E-state index is 13.4. The SMILES string of the molecule is CC1=NC2=C(C(=O)CC(C)(C)C2)[C@@H](c2ccccc2Cl)C1C(=O)OC1CCCCC1. The average Bonchev–Trinajstić information content (AvgIpc) is 2.67. The number of halogens is 1. The maximum Gasteiger partial charge on any atom is 0.315 e. The van der Waals surface area contributed by atoms with E-state index >= 15 is 0 Å². The first-order chi connectivity index (χ1) is 14.3. The van der Waals surface area contributed by atoms with E-state index in [-0.39, 0.29) is 23.3 Å². The number of carbonyl (C=O) groups is 2. The minimum absolute atomic E-state index is 0.0395. The molecule has 0 spiro atoms. The minimum atomic E-state index is -0.615. The Morgan fingerprint density at radius 3 is 2.53 bits per heavy atom. The van der Waals surface area contributed by atoms with Gasteiger partial charge in [-0.15, -0.1) is 0 Å². The monoisotopic (exact) mass is 427 g/mol. The van der Waals surface area contributed by atoms with Crippen molar-refractivity contribution in [3.8, 4) is 0 Å². The number of ketones is 1. The molecule has 0 N–H and O–H groups in total. The molecule has 0 bridgehead atoms. The molecular weight excluding hydrogens is 398 g/mol. The molecule has 1 unspecified atom stereocenters. The number of esters is 1. The first-order valence-electron chi connectivity index (χ1n) is 11.0. The quantitative estimate of drug-likeness (QED) is 0.553. The molecule has 1 aromatic rings. The van der Waals surface area contributed by atoms with Crippen molar-refractivity contribution in [1.29, 1.82) is 0 Å². The van der Waals surface area contributed by atoms with Gasteiger partial charge in [0, 0.05) is 34.3 Å². The van der Waals surface area contributed by atoms with Gasteiger partial charge in [-0.25, -0.2) is 0 Å². The normalized spacial score (nSPS) is 26.8. The summed E-state index contributed by atoms with van der Waals surface area (Å²) in [5.74, 6) is -1.27. The number of ether oxygens (including phenoxy) is 1. The Hall–Kier alpha value is -1.94. The van der Waals surface area contributed by atoms with Crippen LogP contribution in [0.2, 0.25) is 5.02 Å². The summed E-state index contributed by atoms with van der Waals surface area (Å²) in [5, 5.41) is 0.567.